The number of aromatic hydroxyl groups is 1. The molecule has 0 radical (unpaired) electrons. The number of phenols is 1. The van der Waals surface area contributed by atoms with Gasteiger partial charge in [0.05, 0.1) is 12.6 Å². The fourth-order valence-electron chi connectivity index (χ4n) is 5.41. The molecule has 0 heterocycles. The largest absolute Gasteiger partial charge is 0.508 e. The Bertz CT molecular complexity index is 1320. The molecule has 54 heavy (non-hydrogen) atoms. The molecular formula is C35H63N11O8. The van der Waals surface area contributed by atoms with Gasteiger partial charge in [-0.3, -0.25) is 29.3 Å². The van der Waals surface area contributed by atoms with Crippen LogP contribution in [0.1, 0.15) is 77.2 Å². The number of hydrogen-bond acceptors (Lipinski definition) is 13. The van der Waals surface area contributed by atoms with E-state index in [1.807, 2.05) is 13.8 Å². The molecule has 0 aliphatic carbocycles. The van der Waals surface area contributed by atoms with Gasteiger partial charge in [0.15, 0.2) is 0 Å². The molecule has 0 aromatic heterocycles. The van der Waals surface area contributed by atoms with Crippen molar-refractivity contribution >= 4 is 35.5 Å². The molecule has 0 unspecified atom stereocenters. The molecule has 19 nitrogen and oxygen atoms in total. The molecule has 0 bridgehead atoms. The van der Waals surface area contributed by atoms with Crippen molar-refractivity contribution in [3.05, 3.63) is 29.8 Å². The third-order valence-electron chi connectivity index (χ3n) is 8.34. The zero-order valence-corrected chi connectivity index (χ0v) is 31.5. The van der Waals surface area contributed by atoms with Crippen molar-refractivity contribution in [1.29, 1.82) is 0 Å². The van der Waals surface area contributed by atoms with Crippen molar-refractivity contribution < 1.29 is 39.0 Å². The lowest BCUT2D eigenvalue weighted by Crippen LogP contribution is -2.58. The second-order valence-electron chi connectivity index (χ2n) is 13.7. The van der Waals surface area contributed by atoms with Crippen molar-refractivity contribution in [1.82, 2.24) is 31.9 Å². The molecule has 1 aromatic rings. The smallest absolute Gasteiger partial charge is 0.326 e. The Kier molecular flexibility index (Phi) is 23.3. The first-order valence-corrected chi connectivity index (χ1v) is 18.5. The number of nitrogens with two attached hydrogens (primary N) is 5. The van der Waals surface area contributed by atoms with E-state index in [0.717, 1.165) is 0 Å². The van der Waals surface area contributed by atoms with Crippen LogP contribution in [-0.4, -0.2) is 108 Å². The average Bonchev–Trinajstić information content (AvgIpc) is 3.10. The van der Waals surface area contributed by atoms with Crippen LogP contribution in [0.3, 0.4) is 0 Å². The Balaban J connectivity index is 3.20. The van der Waals surface area contributed by atoms with Crippen molar-refractivity contribution in [3.8, 4) is 5.75 Å². The third-order valence-corrected chi connectivity index (χ3v) is 8.34. The zero-order chi connectivity index (χ0) is 40.6. The number of amides is 5. The fraction of sp³-hybridized carbons (Fsp3) is 0.657. The number of nitrogens with one attached hydrogen (secondary N) is 6. The maximum Gasteiger partial charge on any atom is 0.326 e. The van der Waals surface area contributed by atoms with E-state index in [-0.39, 0.29) is 43.9 Å². The minimum atomic E-state index is -1.35. The van der Waals surface area contributed by atoms with Gasteiger partial charge < -0.3 is 65.5 Å². The van der Waals surface area contributed by atoms with Crippen molar-refractivity contribution in [2.75, 3.05) is 26.2 Å². The maximum atomic E-state index is 13.8. The van der Waals surface area contributed by atoms with Gasteiger partial charge in [-0.2, -0.15) is 0 Å². The van der Waals surface area contributed by atoms with Crippen molar-refractivity contribution in [2.24, 2.45) is 34.6 Å². The number of rotatable bonds is 28. The highest BCUT2D eigenvalue weighted by molar-refractivity contribution is 5.95. The van der Waals surface area contributed by atoms with Gasteiger partial charge >= 0.3 is 5.97 Å². The summed E-state index contributed by atoms with van der Waals surface area (Å²) in [6.07, 6.45) is 2.15. The number of aliphatic carboxylic acids is 1. The van der Waals surface area contributed by atoms with Gasteiger partial charge in [-0.05, 0) is 101 Å². The third kappa shape index (κ3) is 20.2. The summed E-state index contributed by atoms with van der Waals surface area (Å²) >= 11 is 0. The van der Waals surface area contributed by atoms with Crippen LogP contribution in [0, 0.1) is 5.92 Å². The van der Waals surface area contributed by atoms with Crippen LogP contribution < -0.4 is 60.6 Å². The second kappa shape index (κ2) is 26.4. The highest BCUT2D eigenvalue weighted by atomic mass is 16.4. The Morgan fingerprint density at radius 1 is 0.667 bits per heavy atom. The molecule has 5 atom stereocenters. The number of carbonyl (C=O) groups is 6. The second-order valence-corrected chi connectivity index (χ2v) is 13.7. The van der Waals surface area contributed by atoms with Gasteiger partial charge in [-0.1, -0.05) is 26.0 Å². The molecule has 19 heteroatoms. The summed E-state index contributed by atoms with van der Waals surface area (Å²) in [6, 6.07) is 0.203. The predicted molar refractivity (Wildman–Crippen MR) is 203 cm³/mol. The van der Waals surface area contributed by atoms with Crippen LogP contribution in [0.2, 0.25) is 0 Å². The van der Waals surface area contributed by atoms with E-state index >= 15 is 0 Å². The maximum absolute atomic E-state index is 13.8. The molecule has 0 saturated heterocycles. The number of hydrogen-bond donors (Lipinski definition) is 13. The highest BCUT2D eigenvalue weighted by Crippen LogP contribution is 2.13. The summed E-state index contributed by atoms with van der Waals surface area (Å²) in [7, 11) is 0. The number of benzene rings is 1. The lowest BCUT2D eigenvalue weighted by Gasteiger charge is -2.26. The quantitative estimate of drug-likeness (QED) is 0.0305. The van der Waals surface area contributed by atoms with Gasteiger partial charge in [0.25, 0.3) is 0 Å². The van der Waals surface area contributed by atoms with Crippen molar-refractivity contribution in [2.45, 2.75) is 115 Å². The predicted octanol–water partition coefficient (Wildman–Crippen LogP) is -2.72. The minimum Gasteiger partial charge on any atom is -0.508 e. The van der Waals surface area contributed by atoms with E-state index < -0.39 is 78.5 Å². The zero-order valence-electron chi connectivity index (χ0n) is 31.5. The summed E-state index contributed by atoms with van der Waals surface area (Å²) in [5.74, 6) is -4.46. The van der Waals surface area contributed by atoms with Gasteiger partial charge in [-0.25, -0.2) is 4.79 Å². The fourth-order valence-corrected chi connectivity index (χ4v) is 5.41. The van der Waals surface area contributed by atoms with E-state index in [1.165, 1.54) is 24.3 Å². The molecule has 5 amide bonds. The molecule has 0 aliphatic rings. The van der Waals surface area contributed by atoms with Crippen molar-refractivity contribution in [3.63, 3.8) is 0 Å². The lowest BCUT2D eigenvalue weighted by molar-refractivity contribution is -0.142. The minimum absolute atomic E-state index is 0.00359. The number of carboxylic acid groups (broad SMARTS) is 1. The standard InChI is InChI=1S/C35H63N11O8/c1-21(2)18-24(38)30(49)42-20-29(48)43-25(8-3-5-15-36)31(50)45-27(10-7-17-41-35(39)40)32(51)44-26(9-4-6-16-37)33(52)46-28(34(53)54)19-22-11-13-23(47)14-12-22/h11-14,21,24-28,35,41,47H,3-10,15-20,36-40H2,1-2H3,(H,42,49)(H,43,48)(H,44,51)(H,45,50)(H,46,52)(H,53,54)/t24-,25-,26-,27-,28-/m0/s1. The van der Waals surface area contributed by atoms with Gasteiger partial charge in [-0.15, -0.1) is 0 Å². The first kappa shape index (κ1) is 47.6. The van der Waals surface area contributed by atoms with E-state index in [0.29, 0.717) is 57.2 Å². The van der Waals surface area contributed by atoms with Crippen LogP contribution in [0.15, 0.2) is 24.3 Å². The van der Waals surface area contributed by atoms with Crippen LogP contribution in [0.4, 0.5) is 0 Å². The molecule has 1 rings (SSSR count). The monoisotopic (exact) mass is 765 g/mol. The summed E-state index contributed by atoms with van der Waals surface area (Å²) < 4.78 is 0. The van der Waals surface area contributed by atoms with E-state index in [4.69, 9.17) is 28.7 Å². The molecule has 18 N–H and O–H groups in total. The SMILES string of the molecule is CC(C)C[C@H](N)C(=O)NCC(=O)N[C@@H](CCCCN)C(=O)N[C@@H](CCCNC(N)N)C(=O)N[C@@H](CCCCN)C(=O)N[C@@H](Cc1ccc(O)cc1)C(=O)O. The van der Waals surface area contributed by atoms with Gasteiger partial charge in [0, 0.05) is 6.42 Å². The van der Waals surface area contributed by atoms with E-state index in [9.17, 15) is 39.0 Å². The number of phenolic OH excluding ortho intramolecular Hbond substituents is 1. The first-order valence-electron chi connectivity index (χ1n) is 18.5. The van der Waals surface area contributed by atoms with Crippen LogP contribution in [-0.2, 0) is 35.2 Å². The number of carbonyl (C=O) groups excluding carboxylic acids is 5. The summed E-state index contributed by atoms with van der Waals surface area (Å²) in [6.45, 7) is 4.34. The molecule has 0 spiro atoms. The topological polar surface area (TPSA) is 345 Å². The van der Waals surface area contributed by atoms with Gasteiger partial charge in [0.1, 0.15) is 36.2 Å². The highest BCUT2D eigenvalue weighted by Gasteiger charge is 2.31. The van der Waals surface area contributed by atoms with Crippen LogP contribution in [0.5, 0.6) is 5.75 Å². The van der Waals surface area contributed by atoms with Gasteiger partial charge in [0.2, 0.25) is 29.5 Å². The molecule has 1 aromatic carbocycles. The molecule has 306 valence electrons. The Morgan fingerprint density at radius 3 is 1.61 bits per heavy atom. The summed E-state index contributed by atoms with van der Waals surface area (Å²) in [4.78, 5) is 78.3. The van der Waals surface area contributed by atoms with Crippen LogP contribution >= 0.6 is 0 Å². The molecule has 0 fully saturated rings. The first-order chi connectivity index (χ1) is 25.6. The number of carboxylic acids is 1. The Labute approximate surface area is 317 Å². The summed E-state index contributed by atoms with van der Waals surface area (Å²) in [5, 5.41) is 35.2. The lowest BCUT2D eigenvalue weighted by atomic mass is 10.0. The van der Waals surface area contributed by atoms with E-state index in [2.05, 4.69) is 31.9 Å². The molecule has 0 aliphatic heterocycles. The Morgan fingerprint density at radius 2 is 1.15 bits per heavy atom. The molecule has 0 saturated carbocycles. The Hall–Kier alpha value is -4.40. The van der Waals surface area contributed by atoms with Crippen LogP contribution in [0.25, 0.3) is 0 Å². The average molecular weight is 766 g/mol. The molecular weight excluding hydrogens is 702 g/mol. The summed E-state index contributed by atoms with van der Waals surface area (Å²) in [5.41, 5.74) is 28.9. The van der Waals surface area contributed by atoms with E-state index in [1.54, 1.807) is 0 Å². The normalized spacial score (nSPS) is 14.0. The number of unbranched alkanes of at least 4 members (excludes halogenated alkanes) is 2.